The number of sulfonamides is 1. The van der Waals surface area contributed by atoms with Crippen LogP contribution in [0.4, 0.5) is 14.5 Å². The van der Waals surface area contributed by atoms with E-state index in [4.69, 9.17) is 11.6 Å². The fourth-order valence-corrected chi connectivity index (χ4v) is 4.04. The fourth-order valence-electron chi connectivity index (χ4n) is 2.72. The minimum Gasteiger partial charge on any atom is -0.322 e. The second kappa shape index (κ2) is 9.34. The van der Waals surface area contributed by atoms with E-state index in [1.54, 1.807) is 30.3 Å². The Bertz CT molecular complexity index is 1140. The van der Waals surface area contributed by atoms with Crippen molar-refractivity contribution in [1.29, 1.82) is 0 Å². The lowest BCUT2D eigenvalue weighted by atomic mass is 10.1. The van der Waals surface area contributed by atoms with Gasteiger partial charge in [0.2, 0.25) is 15.9 Å². The van der Waals surface area contributed by atoms with Crippen LogP contribution in [0, 0.1) is 11.6 Å². The van der Waals surface area contributed by atoms with Crippen molar-refractivity contribution in [3.05, 3.63) is 95.0 Å². The van der Waals surface area contributed by atoms with Crippen molar-refractivity contribution >= 4 is 33.2 Å². The lowest BCUT2D eigenvalue weighted by Gasteiger charge is -2.19. The summed E-state index contributed by atoms with van der Waals surface area (Å²) < 4.78 is 55.2. The Hall–Kier alpha value is -2.81. The quantitative estimate of drug-likeness (QED) is 0.568. The van der Waals surface area contributed by atoms with Gasteiger partial charge in [-0.25, -0.2) is 17.2 Å². The summed E-state index contributed by atoms with van der Waals surface area (Å²) in [4.78, 5) is 12.7. The molecule has 30 heavy (non-hydrogen) atoms. The van der Waals surface area contributed by atoms with Crippen LogP contribution in [0.5, 0.6) is 0 Å². The first-order valence-corrected chi connectivity index (χ1v) is 10.7. The molecule has 0 saturated carbocycles. The summed E-state index contributed by atoms with van der Waals surface area (Å²) in [5.74, 6) is -2.42. The maximum Gasteiger partial charge on any atom is 0.242 e. The fraction of sp³-hybridized carbons (Fsp3) is 0.0952. The van der Waals surface area contributed by atoms with Crippen LogP contribution in [0.15, 0.2) is 77.7 Å². The Morgan fingerprint density at radius 1 is 0.967 bits per heavy atom. The minimum atomic E-state index is -4.09. The summed E-state index contributed by atoms with van der Waals surface area (Å²) in [6, 6.07) is 15.4. The zero-order valence-electron chi connectivity index (χ0n) is 15.5. The van der Waals surface area contributed by atoms with Gasteiger partial charge in [0.1, 0.15) is 17.7 Å². The van der Waals surface area contributed by atoms with Gasteiger partial charge in [-0.3, -0.25) is 4.79 Å². The van der Waals surface area contributed by atoms with Crippen molar-refractivity contribution in [2.45, 2.75) is 17.4 Å². The molecule has 9 heteroatoms. The Morgan fingerprint density at radius 2 is 1.63 bits per heavy atom. The van der Waals surface area contributed by atoms with Crippen LogP contribution in [0.1, 0.15) is 5.56 Å². The van der Waals surface area contributed by atoms with Crippen LogP contribution in [0.3, 0.4) is 0 Å². The summed E-state index contributed by atoms with van der Waals surface area (Å²) in [5.41, 5.74) is 0.292. The lowest BCUT2D eigenvalue weighted by Crippen LogP contribution is -2.45. The average molecular weight is 451 g/mol. The summed E-state index contributed by atoms with van der Waals surface area (Å²) in [6.45, 7) is 0. The molecule has 2 N–H and O–H groups in total. The van der Waals surface area contributed by atoms with Gasteiger partial charge in [0.15, 0.2) is 0 Å². The van der Waals surface area contributed by atoms with Gasteiger partial charge in [0.25, 0.3) is 0 Å². The van der Waals surface area contributed by atoms with Gasteiger partial charge < -0.3 is 5.32 Å². The summed E-state index contributed by atoms with van der Waals surface area (Å²) in [7, 11) is -4.09. The molecule has 0 spiro atoms. The summed E-state index contributed by atoms with van der Waals surface area (Å²) in [6.07, 6.45) is -0.00354. The molecule has 156 valence electrons. The SMILES string of the molecule is O=C(Nc1cc(F)ccc1F)[C@@H](Cc1ccccc1)NS(=O)(=O)c1ccc(Cl)cc1. The van der Waals surface area contributed by atoms with Crippen molar-refractivity contribution in [2.75, 3.05) is 5.32 Å². The molecule has 0 unspecified atom stereocenters. The number of hydrogen-bond acceptors (Lipinski definition) is 3. The number of amides is 1. The predicted molar refractivity (Wildman–Crippen MR) is 111 cm³/mol. The number of benzene rings is 3. The maximum absolute atomic E-state index is 13.9. The molecule has 5 nitrogen and oxygen atoms in total. The number of hydrogen-bond donors (Lipinski definition) is 2. The molecule has 0 aromatic heterocycles. The second-order valence-corrected chi connectivity index (χ2v) is 8.58. The van der Waals surface area contributed by atoms with Crippen LogP contribution in [0.25, 0.3) is 0 Å². The van der Waals surface area contributed by atoms with Crippen molar-refractivity contribution in [3.8, 4) is 0 Å². The Kier molecular flexibility index (Phi) is 6.81. The van der Waals surface area contributed by atoms with Crippen LogP contribution < -0.4 is 10.0 Å². The maximum atomic E-state index is 13.9. The molecule has 0 aliphatic carbocycles. The highest BCUT2D eigenvalue weighted by Crippen LogP contribution is 2.18. The molecule has 0 aliphatic rings. The van der Waals surface area contributed by atoms with Gasteiger partial charge in [0.05, 0.1) is 10.6 Å². The summed E-state index contributed by atoms with van der Waals surface area (Å²) >= 11 is 5.80. The highest BCUT2D eigenvalue weighted by molar-refractivity contribution is 7.89. The van der Waals surface area contributed by atoms with Crippen molar-refractivity contribution in [3.63, 3.8) is 0 Å². The Balaban J connectivity index is 1.88. The largest absolute Gasteiger partial charge is 0.322 e. The molecule has 0 aliphatic heterocycles. The topological polar surface area (TPSA) is 75.3 Å². The van der Waals surface area contributed by atoms with Crippen LogP contribution in [0.2, 0.25) is 5.02 Å². The Labute approximate surface area is 177 Å². The van der Waals surface area contributed by atoms with Gasteiger partial charge in [-0.1, -0.05) is 41.9 Å². The number of halogens is 3. The molecule has 1 atom stereocenters. The third-order valence-electron chi connectivity index (χ3n) is 4.21. The van der Waals surface area contributed by atoms with Crippen molar-refractivity contribution in [2.24, 2.45) is 0 Å². The molecule has 3 aromatic carbocycles. The molecule has 3 rings (SSSR count). The van der Waals surface area contributed by atoms with E-state index in [0.717, 1.165) is 18.2 Å². The van der Waals surface area contributed by atoms with E-state index in [9.17, 15) is 22.0 Å². The Morgan fingerprint density at radius 3 is 2.30 bits per heavy atom. The highest BCUT2D eigenvalue weighted by atomic mass is 35.5. The average Bonchev–Trinajstić information content (AvgIpc) is 2.71. The molecule has 3 aromatic rings. The second-order valence-electron chi connectivity index (χ2n) is 6.43. The number of anilines is 1. The van der Waals surface area contributed by atoms with E-state index in [0.29, 0.717) is 10.6 Å². The van der Waals surface area contributed by atoms with Crippen molar-refractivity contribution < 1.29 is 22.0 Å². The highest BCUT2D eigenvalue weighted by Gasteiger charge is 2.27. The lowest BCUT2D eigenvalue weighted by molar-refractivity contribution is -0.117. The number of rotatable bonds is 7. The molecule has 0 radical (unpaired) electrons. The number of nitrogens with one attached hydrogen (secondary N) is 2. The molecule has 0 bridgehead atoms. The van der Waals surface area contributed by atoms with E-state index in [2.05, 4.69) is 10.0 Å². The number of carbonyl (C=O) groups excluding carboxylic acids is 1. The summed E-state index contributed by atoms with van der Waals surface area (Å²) in [5, 5.41) is 2.61. The van der Waals surface area contributed by atoms with Gasteiger partial charge in [-0.05, 0) is 48.4 Å². The zero-order chi connectivity index (χ0) is 21.7. The zero-order valence-corrected chi connectivity index (χ0v) is 17.1. The first-order chi connectivity index (χ1) is 14.2. The first-order valence-electron chi connectivity index (χ1n) is 8.82. The van der Waals surface area contributed by atoms with E-state index >= 15 is 0 Å². The van der Waals surface area contributed by atoms with E-state index in [1.807, 2.05) is 0 Å². The van der Waals surface area contributed by atoms with Gasteiger partial charge in [-0.15, -0.1) is 0 Å². The predicted octanol–water partition coefficient (Wildman–Crippen LogP) is 4.15. The molecule has 0 heterocycles. The van der Waals surface area contributed by atoms with Crippen molar-refractivity contribution in [1.82, 2.24) is 4.72 Å². The molecule has 0 saturated heterocycles. The standard InChI is InChI=1S/C21H17ClF2N2O3S/c22-15-6-9-17(10-7-15)30(28,29)26-20(12-14-4-2-1-3-5-14)21(27)25-19-13-16(23)8-11-18(19)24/h1-11,13,20,26H,12H2,(H,25,27)/t20-/m1/s1. The van der Waals surface area contributed by atoms with E-state index in [1.165, 1.54) is 24.3 Å². The molecular weight excluding hydrogens is 434 g/mol. The smallest absolute Gasteiger partial charge is 0.242 e. The monoisotopic (exact) mass is 450 g/mol. The molecular formula is C21H17ClF2N2O3S. The van der Waals surface area contributed by atoms with E-state index < -0.39 is 33.6 Å². The van der Waals surface area contributed by atoms with Crippen LogP contribution in [-0.4, -0.2) is 20.4 Å². The molecule has 0 fully saturated rings. The third kappa shape index (κ3) is 5.63. The normalized spacial score (nSPS) is 12.4. The first kappa shape index (κ1) is 21.9. The number of carbonyl (C=O) groups is 1. The van der Waals surface area contributed by atoms with Crippen LogP contribution in [-0.2, 0) is 21.2 Å². The van der Waals surface area contributed by atoms with Gasteiger partial charge in [-0.2, -0.15) is 4.72 Å². The van der Waals surface area contributed by atoms with Gasteiger partial charge >= 0.3 is 0 Å². The minimum absolute atomic E-state index is 0.00354. The molecule has 1 amide bonds. The van der Waals surface area contributed by atoms with Crippen LogP contribution >= 0.6 is 11.6 Å². The van der Waals surface area contributed by atoms with Gasteiger partial charge in [0, 0.05) is 11.1 Å². The third-order valence-corrected chi connectivity index (χ3v) is 5.95. The van der Waals surface area contributed by atoms with E-state index in [-0.39, 0.29) is 17.0 Å².